The van der Waals surface area contributed by atoms with Crippen LogP contribution in [0.4, 0.5) is 5.69 Å². The summed E-state index contributed by atoms with van der Waals surface area (Å²) in [5, 5.41) is 0. The van der Waals surface area contributed by atoms with Crippen molar-refractivity contribution in [2.45, 2.75) is 32.9 Å². The number of benzene rings is 2. The summed E-state index contributed by atoms with van der Waals surface area (Å²) in [6.45, 7) is 4.44. The first-order chi connectivity index (χ1) is 13.9. The van der Waals surface area contributed by atoms with Crippen molar-refractivity contribution in [3.05, 3.63) is 69.0 Å². The predicted molar refractivity (Wildman–Crippen MR) is 125 cm³/mol. The summed E-state index contributed by atoms with van der Waals surface area (Å²) in [5.74, 6) is -0.336. The molecule has 4 nitrogen and oxygen atoms in total. The molecular weight excluding hydrogens is 468 g/mol. The smallest absolute Gasteiger partial charge is 0.267 e. The Balaban J connectivity index is 1.82. The van der Waals surface area contributed by atoms with E-state index in [-0.39, 0.29) is 17.9 Å². The lowest BCUT2D eigenvalue weighted by Crippen LogP contribution is -2.36. The second-order valence-electron chi connectivity index (χ2n) is 7.04. The van der Waals surface area contributed by atoms with Crippen molar-refractivity contribution in [2.75, 3.05) is 4.90 Å². The summed E-state index contributed by atoms with van der Waals surface area (Å²) in [6.07, 6.45) is 0.797. The number of halogens is 1. The first-order valence-corrected chi connectivity index (χ1v) is 11.4. The molecule has 0 N–H and O–H groups in total. The molecule has 0 aliphatic carbocycles. The minimum absolute atomic E-state index is 0.000457. The van der Waals surface area contributed by atoms with Gasteiger partial charge in [0.1, 0.15) is 4.32 Å². The maximum atomic E-state index is 13.5. The lowest BCUT2D eigenvalue weighted by molar-refractivity contribution is -0.123. The molecule has 29 heavy (non-hydrogen) atoms. The quantitative estimate of drug-likeness (QED) is 0.430. The van der Waals surface area contributed by atoms with Crippen molar-refractivity contribution in [3.8, 4) is 0 Å². The van der Waals surface area contributed by atoms with Crippen LogP contribution in [0.2, 0.25) is 0 Å². The van der Waals surface area contributed by atoms with Gasteiger partial charge in [-0.3, -0.25) is 14.5 Å². The monoisotopic (exact) mass is 486 g/mol. The van der Waals surface area contributed by atoms with E-state index in [1.807, 2.05) is 62.4 Å². The van der Waals surface area contributed by atoms with Crippen LogP contribution in [0.5, 0.6) is 0 Å². The minimum atomic E-state index is -0.176. The fraction of sp³-hybridized carbons (Fsp3) is 0.227. The maximum absolute atomic E-state index is 13.5. The molecule has 0 saturated carbocycles. The summed E-state index contributed by atoms with van der Waals surface area (Å²) in [4.78, 5) is 30.5. The number of amides is 2. The SMILES string of the molecule is CC[C@@H](C)N1C(=O)/C(=C2/C(=O)N(Cc3ccccc3)c3ccc(Br)cc32)SC1=S. The Morgan fingerprint density at radius 1 is 1.10 bits per heavy atom. The van der Waals surface area contributed by atoms with Crippen molar-refractivity contribution in [1.29, 1.82) is 0 Å². The van der Waals surface area contributed by atoms with Crippen LogP contribution in [-0.2, 0) is 16.1 Å². The van der Waals surface area contributed by atoms with Crippen molar-refractivity contribution in [2.24, 2.45) is 0 Å². The molecule has 0 aromatic heterocycles. The van der Waals surface area contributed by atoms with E-state index < -0.39 is 0 Å². The van der Waals surface area contributed by atoms with Crippen molar-refractivity contribution in [3.63, 3.8) is 0 Å². The first-order valence-electron chi connectivity index (χ1n) is 9.37. The third kappa shape index (κ3) is 3.56. The molecule has 1 saturated heterocycles. The molecule has 0 bridgehead atoms. The second-order valence-corrected chi connectivity index (χ2v) is 9.60. The Labute approximate surface area is 188 Å². The molecule has 2 aromatic carbocycles. The van der Waals surface area contributed by atoms with Gasteiger partial charge in [0.25, 0.3) is 11.8 Å². The highest BCUT2D eigenvalue weighted by Gasteiger charge is 2.43. The van der Waals surface area contributed by atoms with Gasteiger partial charge in [0.05, 0.1) is 22.7 Å². The summed E-state index contributed by atoms with van der Waals surface area (Å²) in [7, 11) is 0. The van der Waals surface area contributed by atoms with Gasteiger partial charge in [-0.15, -0.1) is 0 Å². The number of thioether (sulfide) groups is 1. The van der Waals surface area contributed by atoms with Crippen LogP contribution < -0.4 is 4.90 Å². The molecule has 2 aromatic rings. The van der Waals surface area contributed by atoms with Gasteiger partial charge >= 0.3 is 0 Å². The van der Waals surface area contributed by atoms with Crippen LogP contribution >= 0.6 is 39.9 Å². The number of carbonyl (C=O) groups excluding carboxylic acids is 2. The summed E-state index contributed by atoms with van der Waals surface area (Å²) < 4.78 is 1.37. The number of hydrogen-bond acceptors (Lipinski definition) is 4. The largest absolute Gasteiger partial charge is 0.303 e. The van der Waals surface area contributed by atoms with Crippen LogP contribution in [0.1, 0.15) is 31.4 Å². The normalized spacial score (nSPS) is 19.9. The molecule has 7 heteroatoms. The molecule has 0 radical (unpaired) electrons. The van der Waals surface area contributed by atoms with Gasteiger partial charge in [0, 0.05) is 16.1 Å². The van der Waals surface area contributed by atoms with Crippen LogP contribution in [0.15, 0.2) is 57.9 Å². The van der Waals surface area contributed by atoms with Gasteiger partial charge in [0.15, 0.2) is 0 Å². The van der Waals surface area contributed by atoms with E-state index >= 15 is 0 Å². The molecule has 148 valence electrons. The lowest BCUT2D eigenvalue weighted by atomic mass is 10.1. The number of nitrogens with zero attached hydrogens (tertiary/aromatic N) is 2. The number of carbonyl (C=O) groups is 2. The van der Waals surface area contributed by atoms with E-state index in [4.69, 9.17) is 12.2 Å². The second kappa shape index (κ2) is 8.05. The van der Waals surface area contributed by atoms with E-state index in [0.29, 0.717) is 21.3 Å². The van der Waals surface area contributed by atoms with E-state index in [1.54, 1.807) is 9.80 Å². The molecule has 4 rings (SSSR count). The Bertz CT molecular complexity index is 1050. The van der Waals surface area contributed by atoms with Gasteiger partial charge in [-0.05, 0) is 37.1 Å². The number of anilines is 1. The molecular formula is C22H19BrN2O2S2. The van der Waals surface area contributed by atoms with Crippen LogP contribution in [0.25, 0.3) is 5.57 Å². The van der Waals surface area contributed by atoms with E-state index in [9.17, 15) is 9.59 Å². The summed E-state index contributed by atoms with van der Waals surface area (Å²) >= 11 is 10.2. The Hall–Kier alpha value is -1.96. The minimum Gasteiger partial charge on any atom is -0.303 e. The van der Waals surface area contributed by atoms with Gasteiger partial charge in [-0.25, -0.2) is 0 Å². The average molecular weight is 487 g/mol. The van der Waals surface area contributed by atoms with Gasteiger partial charge in [-0.1, -0.05) is 77.2 Å². The van der Waals surface area contributed by atoms with Crippen LogP contribution in [-0.4, -0.2) is 27.1 Å². The zero-order valence-corrected chi connectivity index (χ0v) is 19.2. The van der Waals surface area contributed by atoms with E-state index in [2.05, 4.69) is 15.9 Å². The highest BCUT2D eigenvalue weighted by atomic mass is 79.9. The van der Waals surface area contributed by atoms with Crippen LogP contribution in [0.3, 0.4) is 0 Å². The van der Waals surface area contributed by atoms with Gasteiger partial charge < -0.3 is 4.90 Å². The van der Waals surface area contributed by atoms with Crippen molar-refractivity contribution >= 4 is 67.3 Å². The number of hydrogen-bond donors (Lipinski definition) is 0. The molecule has 2 aliphatic heterocycles. The average Bonchev–Trinajstić information content (AvgIpc) is 3.14. The van der Waals surface area contributed by atoms with Gasteiger partial charge in [-0.2, -0.15) is 0 Å². The van der Waals surface area contributed by atoms with Crippen molar-refractivity contribution < 1.29 is 9.59 Å². The molecule has 2 amide bonds. The zero-order valence-electron chi connectivity index (χ0n) is 16.0. The van der Waals surface area contributed by atoms with Crippen LogP contribution in [0, 0.1) is 0 Å². The predicted octanol–water partition coefficient (Wildman–Crippen LogP) is 5.37. The van der Waals surface area contributed by atoms with E-state index in [0.717, 1.165) is 27.7 Å². The topological polar surface area (TPSA) is 40.6 Å². The highest BCUT2D eigenvalue weighted by molar-refractivity contribution is 9.10. The number of fused-ring (bicyclic) bond motifs is 1. The molecule has 1 fully saturated rings. The van der Waals surface area contributed by atoms with Gasteiger partial charge in [0.2, 0.25) is 0 Å². The summed E-state index contributed by atoms with van der Waals surface area (Å²) in [6, 6.07) is 15.6. The first kappa shape index (κ1) is 20.3. The molecule has 1 atom stereocenters. The molecule has 2 heterocycles. The standard InChI is InChI=1S/C22H19BrN2O2S2/c1-3-13(2)25-21(27)19(29-22(25)28)18-16-11-15(23)9-10-17(16)24(20(18)26)12-14-7-5-4-6-8-14/h4-11,13H,3,12H2,1-2H3/b19-18-/t13-/m1/s1. The summed E-state index contributed by atoms with van der Waals surface area (Å²) in [5.41, 5.74) is 3.05. The third-order valence-corrected chi connectivity index (χ3v) is 7.11. The molecule has 0 unspecified atom stereocenters. The number of thiocarbonyl (C=S) groups is 1. The maximum Gasteiger partial charge on any atom is 0.267 e. The fourth-order valence-electron chi connectivity index (χ4n) is 3.54. The number of rotatable bonds is 4. The fourth-order valence-corrected chi connectivity index (χ4v) is 5.43. The van der Waals surface area contributed by atoms with E-state index in [1.165, 1.54) is 11.8 Å². The Morgan fingerprint density at radius 3 is 2.52 bits per heavy atom. The Kier molecular flexibility index (Phi) is 5.64. The van der Waals surface area contributed by atoms with Crippen molar-refractivity contribution in [1.82, 2.24) is 4.90 Å². The third-order valence-electron chi connectivity index (χ3n) is 5.22. The molecule has 2 aliphatic rings. The lowest BCUT2D eigenvalue weighted by Gasteiger charge is -2.21. The zero-order chi connectivity index (χ0) is 20.7. The Morgan fingerprint density at radius 2 is 1.83 bits per heavy atom. The molecule has 0 spiro atoms. The highest BCUT2D eigenvalue weighted by Crippen LogP contribution is 2.46.